The first kappa shape index (κ1) is 15.7. The largest absolute Gasteiger partial charge is 0.459 e. The Morgan fingerprint density at radius 1 is 1.22 bits per heavy atom. The van der Waals surface area contributed by atoms with Gasteiger partial charge in [0.1, 0.15) is 5.60 Å². The van der Waals surface area contributed by atoms with Crippen molar-refractivity contribution in [3.05, 3.63) is 0 Å². The van der Waals surface area contributed by atoms with Crippen molar-refractivity contribution in [3.8, 4) is 0 Å². The lowest BCUT2D eigenvalue weighted by Gasteiger charge is -2.37. The van der Waals surface area contributed by atoms with Crippen LogP contribution in [0.2, 0.25) is 25.7 Å². The van der Waals surface area contributed by atoms with Crippen molar-refractivity contribution in [2.75, 3.05) is 0 Å². The van der Waals surface area contributed by atoms with Crippen molar-refractivity contribution in [3.63, 3.8) is 0 Å². The summed E-state index contributed by atoms with van der Waals surface area (Å²) in [5.41, 5.74) is -0.469. The normalized spacial score (nSPS) is 19.9. The lowest BCUT2D eigenvalue weighted by Crippen LogP contribution is -2.42. The van der Waals surface area contributed by atoms with Crippen LogP contribution < -0.4 is 0 Å². The summed E-state index contributed by atoms with van der Waals surface area (Å²) in [6.07, 6.45) is 5.41. The summed E-state index contributed by atoms with van der Waals surface area (Å²) in [6, 6.07) is 1.12. The van der Waals surface area contributed by atoms with Gasteiger partial charge in [0.25, 0.3) is 0 Å². The average Bonchev–Trinajstić information content (AvgIpc) is 2.63. The van der Waals surface area contributed by atoms with Gasteiger partial charge in [0.05, 0.1) is 5.41 Å². The van der Waals surface area contributed by atoms with E-state index in [2.05, 4.69) is 26.6 Å². The van der Waals surface area contributed by atoms with E-state index in [1.807, 2.05) is 13.8 Å². The zero-order valence-corrected chi connectivity index (χ0v) is 14.1. The molecule has 0 aromatic carbocycles. The molecule has 1 rings (SSSR count). The topological polar surface area (TPSA) is 26.3 Å². The second-order valence-electron chi connectivity index (χ2n) is 7.75. The Labute approximate surface area is 113 Å². The number of hydrogen-bond donors (Lipinski definition) is 0. The summed E-state index contributed by atoms with van der Waals surface area (Å²) >= 11 is 0. The molecule has 0 spiro atoms. The fourth-order valence-corrected chi connectivity index (χ4v) is 5.14. The van der Waals surface area contributed by atoms with Gasteiger partial charge in [-0.25, -0.2) is 0 Å². The van der Waals surface area contributed by atoms with E-state index < -0.39 is 8.07 Å². The molecule has 0 atom stereocenters. The molecular formula is C15H30O2Si. The SMILES string of the molecule is CCC(C)(C)C(=O)OC1(C[Si](C)(C)C)CCCC1. The zero-order valence-electron chi connectivity index (χ0n) is 13.1. The third-order valence-corrected chi connectivity index (χ3v) is 5.82. The molecule has 1 aliphatic rings. The van der Waals surface area contributed by atoms with Gasteiger partial charge in [-0.05, 0) is 52.0 Å². The Morgan fingerprint density at radius 2 is 1.72 bits per heavy atom. The summed E-state index contributed by atoms with van der Waals surface area (Å²) in [4.78, 5) is 12.3. The predicted octanol–water partition coefficient (Wildman–Crippen LogP) is 4.62. The molecule has 0 N–H and O–H groups in total. The first-order valence-electron chi connectivity index (χ1n) is 7.34. The van der Waals surface area contributed by atoms with Gasteiger partial charge < -0.3 is 4.74 Å². The molecule has 0 heterocycles. The van der Waals surface area contributed by atoms with Crippen molar-refractivity contribution in [2.24, 2.45) is 5.41 Å². The number of carbonyl (C=O) groups is 1. The lowest BCUT2D eigenvalue weighted by atomic mass is 9.90. The average molecular weight is 270 g/mol. The third kappa shape index (κ3) is 4.11. The fraction of sp³-hybridized carbons (Fsp3) is 0.933. The Bertz CT molecular complexity index is 296. The van der Waals surface area contributed by atoms with Crippen LogP contribution in [-0.2, 0) is 9.53 Å². The summed E-state index contributed by atoms with van der Waals surface area (Å²) in [7, 11) is -1.21. The minimum Gasteiger partial charge on any atom is -0.459 e. The second kappa shape index (κ2) is 5.36. The van der Waals surface area contributed by atoms with Crippen LogP contribution in [0.5, 0.6) is 0 Å². The van der Waals surface area contributed by atoms with Crippen LogP contribution in [0, 0.1) is 5.41 Å². The maximum absolute atomic E-state index is 12.3. The summed E-state index contributed by atoms with van der Waals surface area (Å²) in [6.45, 7) is 13.1. The van der Waals surface area contributed by atoms with Crippen LogP contribution >= 0.6 is 0 Å². The summed E-state index contributed by atoms with van der Waals surface area (Å²) in [5.74, 6) is 0.00477. The number of hydrogen-bond acceptors (Lipinski definition) is 2. The molecular weight excluding hydrogens is 240 g/mol. The number of esters is 1. The van der Waals surface area contributed by atoms with E-state index in [0.29, 0.717) is 0 Å². The molecule has 0 saturated heterocycles. The third-order valence-electron chi connectivity index (χ3n) is 4.11. The van der Waals surface area contributed by atoms with Crippen LogP contribution in [0.1, 0.15) is 52.9 Å². The van der Waals surface area contributed by atoms with Crippen molar-refractivity contribution in [1.29, 1.82) is 0 Å². The second-order valence-corrected chi connectivity index (χ2v) is 13.2. The monoisotopic (exact) mass is 270 g/mol. The predicted molar refractivity (Wildman–Crippen MR) is 79.5 cm³/mol. The summed E-state index contributed by atoms with van der Waals surface area (Å²) < 4.78 is 6.03. The highest BCUT2D eigenvalue weighted by molar-refractivity contribution is 6.76. The van der Waals surface area contributed by atoms with E-state index >= 15 is 0 Å². The van der Waals surface area contributed by atoms with Gasteiger partial charge in [-0.2, -0.15) is 0 Å². The molecule has 3 heteroatoms. The van der Waals surface area contributed by atoms with Crippen molar-refractivity contribution in [2.45, 2.75) is 84.2 Å². The molecule has 0 aromatic rings. The minimum atomic E-state index is -1.21. The standard InChI is InChI=1S/C15H30O2Si/c1-7-14(2,3)13(16)17-15(10-8-9-11-15)12-18(4,5)6/h7-12H2,1-6H3. The molecule has 0 aliphatic heterocycles. The lowest BCUT2D eigenvalue weighted by molar-refractivity contribution is -0.168. The molecule has 106 valence electrons. The van der Waals surface area contributed by atoms with Crippen molar-refractivity contribution >= 4 is 14.0 Å². The van der Waals surface area contributed by atoms with E-state index in [1.54, 1.807) is 0 Å². The fourth-order valence-electron chi connectivity index (χ4n) is 2.78. The molecule has 2 nitrogen and oxygen atoms in total. The first-order chi connectivity index (χ1) is 8.10. The maximum Gasteiger partial charge on any atom is 0.312 e. The van der Waals surface area contributed by atoms with Crippen LogP contribution in [0.25, 0.3) is 0 Å². The van der Waals surface area contributed by atoms with E-state index in [4.69, 9.17) is 4.74 Å². The molecule has 18 heavy (non-hydrogen) atoms. The van der Waals surface area contributed by atoms with Gasteiger partial charge in [-0.15, -0.1) is 0 Å². The number of ether oxygens (including phenoxy) is 1. The summed E-state index contributed by atoms with van der Waals surface area (Å²) in [5, 5.41) is 0. The first-order valence-corrected chi connectivity index (χ1v) is 11.0. The van der Waals surface area contributed by atoms with Gasteiger partial charge in [-0.1, -0.05) is 26.6 Å². The highest BCUT2D eigenvalue weighted by atomic mass is 28.3. The molecule has 0 aromatic heterocycles. The van der Waals surface area contributed by atoms with E-state index in [-0.39, 0.29) is 17.0 Å². The van der Waals surface area contributed by atoms with Gasteiger partial charge in [0, 0.05) is 8.07 Å². The van der Waals surface area contributed by atoms with Gasteiger partial charge in [-0.3, -0.25) is 4.79 Å². The molecule has 0 unspecified atom stereocenters. The molecule has 0 bridgehead atoms. The van der Waals surface area contributed by atoms with E-state index in [0.717, 1.165) is 25.3 Å². The van der Waals surface area contributed by atoms with Gasteiger partial charge >= 0.3 is 5.97 Å². The number of carbonyl (C=O) groups excluding carboxylic acids is 1. The molecule has 1 fully saturated rings. The van der Waals surface area contributed by atoms with E-state index in [1.165, 1.54) is 12.8 Å². The Balaban J connectivity index is 2.78. The highest BCUT2D eigenvalue weighted by Gasteiger charge is 2.43. The Morgan fingerprint density at radius 3 is 2.11 bits per heavy atom. The minimum absolute atomic E-state index is 0.00477. The molecule has 0 amide bonds. The molecule has 1 saturated carbocycles. The quantitative estimate of drug-likeness (QED) is 0.538. The van der Waals surface area contributed by atoms with Crippen molar-refractivity contribution < 1.29 is 9.53 Å². The maximum atomic E-state index is 12.3. The Hall–Kier alpha value is -0.313. The van der Waals surface area contributed by atoms with Crippen molar-refractivity contribution in [1.82, 2.24) is 0 Å². The smallest absolute Gasteiger partial charge is 0.312 e. The van der Waals surface area contributed by atoms with Gasteiger partial charge in [0.15, 0.2) is 0 Å². The van der Waals surface area contributed by atoms with E-state index in [9.17, 15) is 4.79 Å². The van der Waals surface area contributed by atoms with Crippen LogP contribution in [-0.4, -0.2) is 19.6 Å². The molecule has 0 radical (unpaired) electrons. The molecule has 1 aliphatic carbocycles. The van der Waals surface area contributed by atoms with Gasteiger partial charge in [0.2, 0.25) is 0 Å². The zero-order chi connectivity index (χ0) is 14.0. The van der Waals surface area contributed by atoms with Crippen LogP contribution in [0.15, 0.2) is 0 Å². The van der Waals surface area contributed by atoms with Crippen LogP contribution in [0.4, 0.5) is 0 Å². The number of rotatable bonds is 5. The van der Waals surface area contributed by atoms with Crippen LogP contribution in [0.3, 0.4) is 0 Å². The highest BCUT2D eigenvalue weighted by Crippen LogP contribution is 2.41. The Kier molecular flexibility index (Phi) is 4.69.